The minimum absolute atomic E-state index is 0.145. The van der Waals surface area contributed by atoms with Gasteiger partial charge in [0.05, 0.1) is 12.6 Å². The molecule has 21 heavy (non-hydrogen) atoms. The number of rotatable bonds is 12. The summed E-state index contributed by atoms with van der Waals surface area (Å²) in [6.07, 6.45) is 7.08. The molecule has 0 aliphatic heterocycles. The van der Waals surface area contributed by atoms with E-state index < -0.39 is 12.1 Å². The van der Waals surface area contributed by atoms with Crippen molar-refractivity contribution < 1.29 is 19.8 Å². The number of aliphatic hydroxyl groups is 1. The van der Waals surface area contributed by atoms with Gasteiger partial charge in [0.2, 0.25) is 5.91 Å². The number of carboxylic acid groups (broad SMARTS) is 1. The Morgan fingerprint density at radius 3 is 2.62 bits per heavy atom. The van der Waals surface area contributed by atoms with E-state index in [9.17, 15) is 14.7 Å². The van der Waals surface area contributed by atoms with Crippen molar-refractivity contribution in [2.45, 2.75) is 45.6 Å². The maximum Gasteiger partial charge on any atom is 0.317 e. The Morgan fingerprint density at radius 1 is 1.33 bits per heavy atom. The second-order valence-corrected chi connectivity index (χ2v) is 5.17. The highest BCUT2D eigenvalue weighted by Gasteiger charge is 2.11. The van der Waals surface area contributed by atoms with E-state index in [1.807, 2.05) is 6.08 Å². The monoisotopic (exact) mass is 300 g/mol. The lowest BCUT2D eigenvalue weighted by atomic mass is 10.2. The molecule has 122 valence electrons. The number of nitrogens with zero attached hydrogens (tertiary/aromatic N) is 1. The van der Waals surface area contributed by atoms with Gasteiger partial charge in [-0.2, -0.15) is 0 Å². The predicted octanol–water partition coefficient (Wildman–Crippen LogP) is 1.01. The van der Waals surface area contributed by atoms with Gasteiger partial charge in [-0.15, -0.1) is 0 Å². The van der Waals surface area contributed by atoms with Gasteiger partial charge in [0, 0.05) is 19.6 Å². The molecule has 0 aromatic rings. The van der Waals surface area contributed by atoms with Gasteiger partial charge in [-0.1, -0.05) is 25.8 Å². The first-order valence-electron chi connectivity index (χ1n) is 7.52. The Kier molecular flexibility index (Phi) is 11.5. The first-order chi connectivity index (χ1) is 9.95. The Morgan fingerprint density at radius 2 is 2.05 bits per heavy atom. The van der Waals surface area contributed by atoms with Crippen LogP contribution in [0, 0.1) is 0 Å². The topological polar surface area (TPSA) is 89.9 Å². The van der Waals surface area contributed by atoms with E-state index in [1.54, 1.807) is 11.8 Å². The van der Waals surface area contributed by atoms with Crippen LogP contribution in [0.5, 0.6) is 0 Å². The fraction of sp³-hybridized carbons (Fsp3) is 0.733. The highest BCUT2D eigenvalue weighted by atomic mass is 16.4. The summed E-state index contributed by atoms with van der Waals surface area (Å²) in [6, 6.07) is 0. The van der Waals surface area contributed by atoms with Crippen LogP contribution < -0.4 is 5.32 Å². The molecule has 0 fully saturated rings. The zero-order valence-corrected chi connectivity index (χ0v) is 13.0. The van der Waals surface area contributed by atoms with Crippen molar-refractivity contribution in [3.63, 3.8) is 0 Å². The minimum atomic E-state index is -0.946. The number of carbonyl (C=O) groups excluding carboxylic acids is 1. The van der Waals surface area contributed by atoms with E-state index in [0.29, 0.717) is 13.1 Å². The normalized spacial score (nSPS) is 12.8. The third-order valence-corrected chi connectivity index (χ3v) is 2.85. The molecule has 6 heteroatoms. The van der Waals surface area contributed by atoms with Crippen LogP contribution in [-0.4, -0.2) is 59.3 Å². The lowest BCUT2D eigenvalue weighted by molar-refractivity contribution is -0.138. The molecular formula is C15H28N2O4. The number of amides is 1. The molecular weight excluding hydrogens is 272 g/mol. The number of unbranched alkanes of at least 4 members (excludes halogenated alkanes) is 3. The molecule has 1 unspecified atom stereocenters. The van der Waals surface area contributed by atoms with Crippen molar-refractivity contribution in [1.29, 1.82) is 0 Å². The van der Waals surface area contributed by atoms with Crippen LogP contribution in [0.2, 0.25) is 0 Å². The molecule has 0 saturated heterocycles. The Bertz CT molecular complexity index is 330. The molecule has 1 amide bonds. The lowest BCUT2D eigenvalue weighted by Gasteiger charge is -2.21. The number of carboxylic acids is 1. The largest absolute Gasteiger partial charge is 0.480 e. The van der Waals surface area contributed by atoms with Crippen molar-refractivity contribution in [3.05, 3.63) is 12.2 Å². The molecule has 0 heterocycles. The van der Waals surface area contributed by atoms with Crippen LogP contribution in [0.25, 0.3) is 0 Å². The molecule has 0 aliphatic carbocycles. The van der Waals surface area contributed by atoms with E-state index in [4.69, 9.17) is 5.11 Å². The molecule has 1 atom stereocenters. The number of carbonyl (C=O) groups is 2. The lowest BCUT2D eigenvalue weighted by Crippen LogP contribution is -2.40. The second-order valence-electron chi connectivity index (χ2n) is 5.17. The molecule has 0 bridgehead atoms. The van der Waals surface area contributed by atoms with E-state index in [0.717, 1.165) is 25.7 Å². The van der Waals surface area contributed by atoms with Gasteiger partial charge < -0.3 is 15.5 Å². The summed E-state index contributed by atoms with van der Waals surface area (Å²) >= 11 is 0. The third kappa shape index (κ3) is 13.3. The molecule has 0 radical (unpaired) electrons. The summed E-state index contributed by atoms with van der Waals surface area (Å²) in [7, 11) is 0. The zero-order valence-electron chi connectivity index (χ0n) is 13.0. The van der Waals surface area contributed by atoms with Gasteiger partial charge in [-0.05, 0) is 25.8 Å². The molecule has 0 aromatic heterocycles. The molecule has 3 N–H and O–H groups in total. The van der Waals surface area contributed by atoms with Gasteiger partial charge in [0.25, 0.3) is 0 Å². The van der Waals surface area contributed by atoms with Crippen molar-refractivity contribution in [2.24, 2.45) is 0 Å². The maximum absolute atomic E-state index is 11.5. The van der Waals surface area contributed by atoms with Gasteiger partial charge in [-0.3, -0.25) is 14.5 Å². The van der Waals surface area contributed by atoms with Crippen molar-refractivity contribution in [1.82, 2.24) is 10.2 Å². The maximum atomic E-state index is 11.5. The van der Waals surface area contributed by atoms with Crippen LogP contribution in [0.4, 0.5) is 0 Å². The smallest absolute Gasteiger partial charge is 0.317 e. The summed E-state index contributed by atoms with van der Waals surface area (Å²) in [5, 5.41) is 20.8. The number of aliphatic hydroxyl groups excluding tert-OH is 1. The molecule has 0 aliphatic rings. The number of allylic oxidation sites excluding steroid dienone is 1. The van der Waals surface area contributed by atoms with Gasteiger partial charge in [0.15, 0.2) is 0 Å². The standard InChI is InChI=1S/C15H28N2O4/c1-3-4-5-6-7-8-14(19)16-9-10-17(11-13(2)18)12-15(20)21/h7-8,13,18H,3-6,9-12H2,1-2H3,(H,16,19)(H,20,21)/b8-7+. The molecule has 6 nitrogen and oxygen atoms in total. The third-order valence-electron chi connectivity index (χ3n) is 2.85. The number of nitrogens with one attached hydrogen (secondary N) is 1. The van der Waals surface area contributed by atoms with Gasteiger partial charge >= 0.3 is 5.97 Å². The van der Waals surface area contributed by atoms with Crippen LogP contribution in [0.15, 0.2) is 12.2 Å². The van der Waals surface area contributed by atoms with E-state index in [-0.39, 0.29) is 19.0 Å². The van der Waals surface area contributed by atoms with Gasteiger partial charge in [-0.25, -0.2) is 0 Å². The summed E-state index contributed by atoms with van der Waals surface area (Å²) in [5.41, 5.74) is 0. The average molecular weight is 300 g/mol. The number of hydrogen-bond acceptors (Lipinski definition) is 4. The average Bonchev–Trinajstić information content (AvgIpc) is 2.37. The van der Waals surface area contributed by atoms with Crippen LogP contribution in [0.1, 0.15) is 39.5 Å². The first kappa shape index (κ1) is 19.6. The molecule has 0 spiro atoms. The highest BCUT2D eigenvalue weighted by molar-refractivity contribution is 5.87. The quantitative estimate of drug-likeness (QED) is 0.370. The highest BCUT2D eigenvalue weighted by Crippen LogP contribution is 1.99. The number of hydrogen-bond donors (Lipinski definition) is 3. The first-order valence-corrected chi connectivity index (χ1v) is 7.52. The predicted molar refractivity (Wildman–Crippen MR) is 82.0 cm³/mol. The van der Waals surface area contributed by atoms with Crippen LogP contribution in [0.3, 0.4) is 0 Å². The summed E-state index contributed by atoms with van der Waals surface area (Å²) in [4.78, 5) is 23.8. The number of aliphatic carboxylic acids is 1. The van der Waals surface area contributed by atoms with Crippen LogP contribution in [-0.2, 0) is 9.59 Å². The van der Waals surface area contributed by atoms with Crippen molar-refractivity contribution >= 4 is 11.9 Å². The minimum Gasteiger partial charge on any atom is -0.480 e. The second kappa shape index (κ2) is 12.3. The fourth-order valence-electron chi connectivity index (χ4n) is 1.90. The summed E-state index contributed by atoms with van der Waals surface area (Å²) < 4.78 is 0. The SMILES string of the molecule is CCCCC/C=C/C(=O)NCCN(CC(=O)O)CC(C)O. The Hall–Kier alpha value is -1.40. The zero-order chi connectivity index (χ0) is 16.1. The fourth-order valence-corrected chi connectivity index (χ4v) is 1.90. The van der Waals surface area contributed by atoms with Crippen LogP contribution >= 0.6 is 0 Å². The van der Waals surface area contributed by atoms with E-state index >= 15 is 0 Å². The van der Waals surface area contributed by atoms with E-state index in [2.05, 4.69) is 12.2 Å². The Labute approximate surface area is 126 Å². The molecule has 0 rings (SSSR count). The van der Waals surface area contributed by atoms with Crippen molar-refractivity contribution in [3.8, 4) is 0 Å². The summed E-state index contributed by atoms with van der Waals surface area (Å²) in [5.74, 6) is -1.11. The van der Waals surface area contributed by atoms with Gasteiger partial charge in [0.1, 0.15) is 0 Å². The Balaban J connectivity index is 3.90. The summed E-state index contributed by atoms with van der Waals surface area (Å²) in [6.45, 7) is 4.62. The molecule has 0 aromatic carbocycles. The molecule has 0 saturated carbocycles. The van der Waals surface area contributed by atoms with E-state index in [1.165, 1.54) is 6.08 Å². The van der Waals surface area contributed by atoms with Crippen molar-refractivity contribution in [2.75, 3.05) is 26.2 Å².